The van der Waals surface area contributed by atoms with Crippen LogP contribution >= 0.6 is 11.6 Å². The maximum atomic E-state index is 6.06. The molecule has 1 aromatic carbocycles. The van der Waals surface area contributed by atoms with Crippen molar-refractivity contribution in [3.63, 3.8) is 0 Å². The zero-order valence-corrected chi connectivity index (χ0v) is 10.3. The molecule has 0 bridgehead atoms. The molecule has 0 amide bonds. The monoisotopic (exact) mass is 250 g/mol. The van der Waals surface area contributed by atoms with E-state index in [9.17, 15) is 0 Å². The first-order chi connectivity index (χ1) is 8.36. The summed E-state index contributed by atoms with van der Waals surface area (Å²) < 4.78 is 1.83. The lowest BCUT2D eigenvalue weighted by Crippen LogP contribution is -2.16. The Labute approximate surface area is 106 Å². The highest BCUT2D eigenvalue weighted by Gasteiger charge is 1.97. The second-order valence-electron chi connectivity index (χ2n) is 3.79. The average Bonchev–Trinajstić information content (AvgIpc) is 2.84. The number of hydrogen-bond donors (Lipinski definition) is 1. The second-order valence-corrected chi connectivity index (χ2v) is 4.20. The van der Waals surface area contributed by atoms with Gasteiger partial charge >= 0.3 is 0 Å². The van der Waals surface area contributed by atoms with Gasteiger partial charge < -0.3 is 5.32 Å². The summed E-state index contributed by atoms with van der Waals surface area (Å²) in [5.74, 6) is 0. The van der Waals surface area contributed by atoms with Gasteiger partial charge in [0.25, 0.3) is 0 Å². The number of halogens is 1. The molecule has 5 heteroatoms. The van der Waals surface area contributed by atoms with E-state index in [4.69, 9.17) is 11.6 Å². The second kappa shape index (κ2) is 6.37. The third-order valence-corrected chi connectivity index (χ3v) is 2.85. The normalized spacial score (nSPS) is 10.6. The summed E-state index contributed by atoms with van der Waals surface area (Å²) >= 11 is 6.06. The lowest BCUT2D eigenvalue weighted by Gasteiger charge is -2.06. The molecule has 0 unspecified atom stereocenters. The van der Waals surface area contributed by atoms with Crippen molar-refractivity contribution in [2.24, 2.45) is 0 Å². The summed E-state index contributed by atoms with van der Waals surface area (Å²) in [6.45, 7) is 2.62. The van der Waals surface area contributed by atoms with Crippen molar-refractivity contribution in [2.75, 3.05) is 6.54 Å². The molecule has 17 heavy (non-hydrogen) atoms. The Morgan fingerprint density at radius 2 is 2.18 bits per heavy atom. The fourth-order valence-corrected chi connectivity index (χ4v) is 1.79. The smallest absolute Gasteiger partial charge is 0.0692 e. The van der Waals surface area contributed by atoms with E-state index in [1.54, 1.807) is 6.20 Å². The van der Waals surface area contributed by atoms with Crippen molar-refractivity contribution in [1.29, 1.82) is 0 Å². The molecule has 0 fully saturated rings. The molecule has 1 heterocycles. The molecule has 0 aliphatic rings. The molecule has 0 atom stereocenters. The number of aromatic nitrogens is 3. The Morgan fingerprint density at radius 1 is 1.29 bits per heavy atom. The van der Waals surface area contributed by atoms with E-state index in [2.05, 4.69) is 15.6 Å². The van der Waals surface area contributed by atoms with Gasteiger partial charge in [-0.3, -0.25) is 4.68 Å². The Bertz CT molecular complexity index is 442. The minimum Gasteiger partial charge on any atom is -0.313 e. The van der Waals surface area contributed by atoms with E-state index in [1.165, 1.54) is 0 Å². The van der Waals surface area contributed by atoms with Gasteiger partial charge in [0.15, 0.2) is 0 Å². The van der Waals surface area contributed by atoms with Crippen LogP contribution in [0.2, 0.25) is 5.02 Å². The SMILES string of the molecule is Clc1ccccc1CNCCCn1ccnn1. The maximum Gasteiger partial charge on any atom is 0.0692 e. The molecule has 0 aliphatic heterocycles. The molecule has 0 aliphatic carbocycles. The lowest BCUT2D eigenvalue weighted by molar-refractivity contribution is 0.530. The van der Waals surface area contributed by atoms with Gasteiger partial charge in [0, 0.05) is 24.3 Å². The molecule has 2 aromatic rings. The van der Waals surface area contributed by atoms with Gasteiger partial charge in [-0.05, 0) is 24.6 Å². The van der Waals surface area contributed by atoms with Crippen LogP contribution in [0.25, 0.3) is 0 Å². The molecule has 4 nitrogen and oxygen atoms in total. The predicted molar refractivity (Wildman–Crippen MR) is 67.8 cm³/mol. The summed E-state index contributed by atoms with van der Waals surface area (Å²) in [7, 11) is 0. The molecule has 0 saturated heterocycles. The summed E-state index contributed by atoms with van der Waals surface area (Å²) in [5, 5.41) is 11.8. The highest BCUT2D eigenvalue weighted by molar-refractivity contribution is 6.31. The van der Waals surface area contributed by atoms with Crippen LogP contribution in [-0.2, 0) is 13.1 Å². The number of benzene rings is 1. The first-order valence-electron chi connectivity index (χ1n) is 5.64. The number of rotatable bonds is 6. The largest absolute Gasteiger partial charge is 0.313 e. The predicted octanol–water partition coefficient (Wildman–Crippen LogP) is 2.11. The van der Waals surface area contributed by atoms with E-state index in [1.807, 2.05) is 35.1 Å². The molecule has 0 radical (unpaired) electrons. The van der Waals surface area contributed by atoms with E-state index < -0.39 is 0 Å². The fourth-order valence-electron chi connectivity index (χ4n) is 1.58. The van der Waals surface area contributed by atoms with Gasteiger partial charge in [0.1, 0.15) is 0 Å². The molecule has 0 saturated carbocycles. The molecular formula is C12H15ClN4. The minimum atomic E-state index is 0.803. The standard InChI is InChI=1S/C12H15ClN4/c13-12-5-2-1-4-11(12)10-14-6-3-8-17-9-7-15-16-17/h1-2,4-5,7,9,14H,3,6,8,10H2. The van der Waals surface area contributed by atoms with Crippen LogP contribution in [0.15, 0.2) is 36.7 Å². The summed E-state index contributed by atoms with van der Waals surface area (Å²) in [6.07, 6.45) is 4.58. The van der Waals surface area contributed by atoms with Gasteiger partial charge in [-0.1, -0.05) is 35.0 Å². The van der Waals surface area contributed by atoms with Crippen LogP contribution in [0.3, 0.4) is 0 Å². The van der Waals surface area contributed by atoms with E-state index in [0.717, 1.165) is 36.6 Å². The van der Waals surface area contributed by atoms with Crippen LogP contribution in [0, 0.1) is 0 Å². The lowest BCUT2D eigenvalue weighted by atomic mass is 10.2. The van der Waals surface area contributed by atoms with Gasteiger partial charge in [-0.2, -0.15) is 0 Å². The van der Waals surface area contributed by atoms with E-state index in [-0.39, 0.29) is 0 Å². The Hall–Kier alpha value is -1.39. The van der Waals surface area contributed by atoms with Crippen molar-refractivity contribution in [1.82, 2.24) is 20.3 Å². The van der Waals surface area contributed by atoms with Crippen LogP contribution in [0.5, 0.6) is 0 Å². The summed E-state index contributed by atoms with van der Waals surface area (Å²) in [6, 6.07) is 7.88. The Kier molecular flexibility index (Phi) is 4.53. The Morgan fingerprint density at radius 3 is 2.94 bits per heavy atom. The fraction of sp³-hybridized carbons (Fsp3) is 0.333. The van der Waals surface area contributed by atoms with Crippen molar-refractivity contribution in [3.05, 3.63) is 47.2 Å². The molecule has 1 N–H and O–H groups in total. The minimum absolute atomic E-state index is 0.803. The average molecular weight is 251 g/mol. The first kappa shape index (κ1) is 12.1. The summed E-state index contributed by atoms with van der Waals surface area (Å²) in [5.41, 5.74) is 1.13. The molecule has 1 aromatic heterocycles. The van der Waals surface area contributed by atoms with Crippen LogP contribution in [0.4, 0.5) is 0 Å². The van der Waals surface area contributed by atoms with Gasteiger partial charge in [-0.15, -0.1) is 5.10 Å². The van der Waals surface area contributed by atoms with Crippen molar-refractivity contribution < 1.29 is 0 Å². The highest BCUT2D eigenvalue weighted by Crippen LogP contribution is 2.14. The maximum absolute atomic E-state index is 6.06. The van der Waals surface area contributed by atoms with Crippen LogP contribution in [0.1, 0.15) is 12.0 Å². The third-order valence-electron chi connectivity index (χ3n) is 2.49. The third kappa shape index (κ3) is 3.84. The Balaban J connectivity index is 1.65. The van der Waals surface area contributed by atoms with Crippen molar-refractivity contribution in [3.8, 4) is 0 Å². The zero-order valence-electron chi connectivity index (χ0n) is 9.51. The first-order valence-corrected chi connectivity index (χ1v) is 6.02. The molecule has 2 rings (SSSR count). The highest BCUT2D eigenvalue weighted by atomic mass is 35.5. The zero-order chi connectivity index (χ0) is 11.9. The number of aryl methyl sites for hydroxylation is 1. The van der Waals surface area contributed by atoms with Gasteiger partial charge in [0.2, 0.25) is 0 Å². The van der Waals surface area contributed by atoms with E-state index in [0.29, 0.717) is 0 Å². The van der Waals surface area contributed by atoms with Crippen LogP contribution < -0.4 is 5.32 Å². The quantitative estimate of drug-likeness (QED) is 0.799. The number of nitrogens with one attached hydrogen (secondary N) is 1. The van der Waals surface area contributed by atoms with Crippen molar-refractivity contribution in [2.45, 2.75) is 19.5 Å². The van der Waals surface area contributed by atoms with E-state index >= 15 is 0 Å². The van der Waals surface area contributed by atoms with Gasteiger partial charge in [-0.25, -0.2) is 0 Å². The molecule has 0 spiro atoms. The number of nitrogens with zero attached hydrogens (tertiary/aromatic N) is 3. The number of hydrogen-bond acceptors (Lipinski definition) is 3. The molecule has 90 valence electrons. The molecular weight excluding hydrogens is 236 g/mol. The summed E-state index contributed by atoms with van der Waals surface area (Å²) in [4.78, 5) is 0. The van der Waals surface area contributed by atoms with Crippen molar-refractivity contribution >= 4 is 11.6 Å². The topological polar surface area (TPSA) is 42.7 Å². The van der Waals surface area contributed by atoms with Gasteiger partial charge in [0.05, 0.1) is 6.20 Å². The van der Waals surface area contributed by atoms with Crippen LogP contribution in [-0.4, -0.2) is 21.5 Å².